The van der Waals surface area contributed by atoms with Crippen LogP contribution in [0.25, 0.3) is 0 Å². The number of hydrogen-bond acceptors (Lipinski definition) is 8. The fraction of sp³-hybridized carbons (Fsp3) is 0.250. The maximum Gasteiger partial charge on any atom is 0.338 e. The lowest BCUT2D eigenvalue weighted by Gasteiger charge is -2.39. The zero-order valence-electron chi connectivity index (χ0n) is 19.6. The summed E-state index contributed by atoms with van der Waals surface area (Å²) in [6.07, 6.45) is -3.56. The summed E-state index contributed by atoms with van der Waals surface area (Å²) in [5, 5.41) is 0. The molecule has 186 valence electrons. The minimum atomic E-state index is -1.06. The molecule has 0 aromatic heterocycles. The van der Waals surface area contributed by atoms with E-state index >= 15 is 0 Å². The third kappa shape index (κ3) is 6.35. The Hall–Kier alpha value is -4.01. The van der Waals surface area contributed by atoms with Crippen molar-refractivity contribution in [3.63, 3.8) is 0 Å². The van der Waals surface area contributed by atoms with Crippen LogP contribution in [0.2, 0.25) is 0 Å². The Balaban J connectivity index is 1.50. The highest BCUT2D eigenvalue weighted by Gasteiger charge is 2.44. The number of ether oxygens (including phenoxy) is 5. The van der Waals surface area contributed by atoms with Gasteiger partial charge in [-0.25, -0.2) is 14.4 Å². The minimum absolute atomic E-state index is 0.105. The Morgan fingerprint density at radius 1 is 0.722 bits per heavy atom. The second-order valence-corrected chi connectivity index (χ2v) is 8.11. The van der Waals surface area contributed by atoms with Gasteiger partial charge in [0.25, 0.3) is 0 Å². The van der Waals surface area contributed by atoms with Gasteiger partial charge in [-0.1, -0.05) is 54.6 Å². The smallest absolute Gasteiger partial charge is 0.338 e. The Morgan fingerprint density at radius 2 is 1.19 bits per heavy atom. The molecule has 3 aromatic carbocycles. The van der Waals surface area contributed by atoms with E-state index in [2.05, 4.69) is 0 Å². The van der Waals surface area contributed by atoms with Crippen molar-refractivity contribution < 1.29 is 38.1 Å². The fourth-order valence-electron chi connectivity index (χ4n) is 3.81. The van der Waals surface area contributed by atoms with Crippen molar-refractivity contribution >= 4 is 17.9 Å². The van der Waals surface area contributed by atoms with Gasteiger partial charge in [-0.15, -0.1) is 0 Å². The van der Waals surface area contributed by atoms with E-state index in [-0.39, 0.29) is 13.0 Å². The zero-order chi connectivity index (χ0) is 25.3. The van der Waals surface area contributed by atoms with E-state index in [1.54, 1.807) is 91.0 Å². The molecule has 0 spiro atoms. The van der Waals surface area contributed by atoms with Gasteiger partial charge in [0, 0.05) is 13.5 Å². The molecule has 0 saturated carbocycles. The molecule has 8 heteroatoms. The van der Waals surface area contributed by atoms with Gasteiger partial charge < -0.3 is 23.7 Å². The molecule has 4 atom stereocenters. The van der Waals surface area contributed by atoms with Crippen LogP contribution in [-0.2, 0) is 23.7 Å². The summed E-state index contributed by atoms with van der Waals surface area (Å²) in [5.41, 5.74) is 1.08. The molecular weight excluding hydrogens is 464 g/mol. The quantitative estimate of drug-likeness (QED) is 0.345. The van der Waals surface area contributed by atoms with Crippen molar-refractivity contribution in [3.8, 4) is 0 Å². The van der Waals surface area contributed by atoms with Crippen molar-refractivity contribution in [1.29, 1.82) is 0 Å². The standard InChI is InChI=1S/C28H26O8/c1-32-28-24(36-27(31)21-15-9-4-10-16-21)23(35-26(30)20-13-7-3-8-14-20)17-22(34-28)18-33-25(29)19-11-5-2-6-12-19/h2-16,22-24,28H,17-18H2,1H3/t22-,23-,24-,28-/m0/s1. The van der Waals surface area contributed by atoms with Gasteiger partial charge in [-0.3, -0.25) is 0 Å². The summed E-state index contributed by atoms with van der Waals surface area (Å²) in [7, 11) is 1.39. The van der Waals surface area contributed by atoms with Crippen molar-refractivity contribution in [2.75, 3.05) is 13.7 Å². The number of hydrogen-bond donors (Lipinski definition) is 0. The van der Waals surface area contributed by atoms with E-state index in [9.17, 15) is 14.4 Å². The lowest BCUT2D eigenvalue weighted by atomic mass is 10.0. The molecule has 1 heterocycles. The summed E-state index contributed by atoms with van der Waals surface area (Å²) < 4.78 is 28.2. The second kappa shape index (κ2) is 12.1. The van der Waals surface area contributed by atoms with Gasteiger partial charge in [0.05, 0.1) is 22.8 Å². The SMILES string of the molecule is CO[C@H]1O[C@H](COC(=O)c2ccccc2)C[C@H](OC(=O)c2ccccc2)[C@@H]1OC(=O)c1ccccc1. The maximum atomic E-state index is 12.8. The second-order valence-electron chi connectivity index (χ2n) is 8.11. The Labute approximate surface area is 208 Å². The predicted octanol–water partition coefficient (Wildman–Crippen LogP) is 4.06. The molecule has 1 aliphatic rings. The van der Waals surface area contributed by atoms with Crippen LogP contribution in [0.15, 0.2) is 91.0 Å². The highest BCUT2D eigenvalue weighted by atomic mass is 16.7. The normalized spacial score (nSPS) is 21.2. The van der Waals surface area contributed by atoms with Crippen LogP contribution in [0, 0.1) is 0 Å². The Morgan fingerprint density at radius 3 is 1.69 bits per heavy atom. The third-order valence-corrected chi connectivity index (χ3v) is 5.62. The van der Waals surface area contributed by atoms with Crippen LogP contribution in [0.5, 0.6) is 0 Å². The lowest BCUT2D eigenvalue weighted by molar-refractivity contribution is -0.261. The van der Waals surface area contributed by atoms with E-state index in [4.69, 9.17) is 23.7 Å². The van der Waals surface area contributed by atoms with Crippen molar-refractivity contribution in [3.05, 3.63) is 108 Å². The molecule has 0 amide bonds. The number of benzene rings is 3. The first-order valence-electron chi connectivity index (χ1n) is 11.5. The van der Waals surface area contributed by atoms with Crippen LogP contribution in [0.1, 0.15) is 37.5 Å². The Bertz CT molecular complexity index is 1150. The molecule has 0 bridgehead atoms. The molecule has 1 fully saturated rings. The molecule has 4 rings (SSSR count). The summed E-state index contributed by atoms with van der Waals surface area (Å²) in [6, 6.07) is 25.5. The first-order chi connectivity index (χ1) is 17.5. The van der Waals surface area contributed by atoms with E-state index in [1.165, 1.54) is 7.11 Å². The molecule has 0 unspecified atom stereocenters. The number of carbonyl (C=O) groups excluding carboxylic acids is 3. The van der Waals surface area contributed by atoms with Crippen molar-refractivity contribution in [2.45, 2.75) is 31.0 Å². The molecule has 8 nitrogen and oxygen atoms in total. The number of carbonyl (C=O) groups is 3. The van der Waals surface area contributed by atoms with Gasteiger partial charge >= 0.3 is 17.9 Å². The van der Waals surface area contributed by atoms with E-state index < -0.39 is 42.5 Å². The average Bonchev–Trinajstić information content (AvgIpc) is 2.94. The lowest BCUT2D eigenvalue weighted by Crippen LogP contribution is -2.53. The number of methoxy groups -OCH3 is 1. The molecule has 36 heavy (non-hydrogen) atoms. The van der Waals surface area contributed by atoms with Crippen LogP contribution < -0.4 is 0 Å². The first-order valence-corrected chi connectivity index (χ1v) is 11.5. The van der Waals surface area contributed by atoms with Gasteiger partial charge in [0.15, 0.2) is 12.4 Å². The molecular formula is C28H26O8. The molecule has 3 aromatic rings. The van der Waals surface area contributed by atoms with Crippen LogP contribution in [0.4, 0.5) is 0 Å². The number of rotatable bonds is 8. The van der Waals surface area contributed by atoms with E-state index in [0.29, 0.717) is 16.7 Å². The molecule has 0 radical (unpaired) electrons. The summed E-state index contributed by atoms with van der Waals surface area (Å²) in [6.45, 7) is -0.105. The van der Waals surface area contributed by atoms with Gasteiger partial charge in [0.1, 0.15) is 12.7 Å². The van der Waals surface area contributed by atoms with Crippen LogP contribution in [0.3, 0.4) is 0 Å². The third-order valence-electron chi connectivity index (χ3n) is 5.62. The van der Waals surface area contributed by atoms with Gasteiger partial charge in [0.2, 0.25) is 0 Å². The van der Waals surface area contributed by atoms with E-state index in [1.807, 2.05) is 0 Å². The minimum Gasteiger partial charge on any atom is -0.459 e. The average molecular weight is 491 g/mol. The number of esters is 3. The summed E-state index contributed by atoms with van der Waals surface area (Å²) in [4.78, 5) is 38.0. The van der Waals surface area contributed by atoms with Crippen molar-refractivity contribution in [2.24, 2.45) is 0 Å². The highest BCUT2D eigenvalue weighted by molar-refractivity contribution is 5.90. The molecule has 0 N–H and O–H groups in total. The van der Waals surface area contributed by atoms with Crippen LogP contribution in [-0.4, -0.2) is 56.2 Å². The molecule has 1 aliphatic heterocycles. The summed E-state index contributed by atoms with van der Waals surface area (Å²) in [5.74, 6) is -1.71. The molecule has 0 aliphatic carbocycles. The monoisotopic (exact) mass is 490 g/mol. The van der Waals surface area contributed by atoms with Gasteiger partial charge in [-0.05, 0) is 36.4 Å². The zero-order valence-corrected chi connectivity index (χ0v) is 19.6. The first kappa shape index (κ1) is 25.1. The van der Waals surface area contributed by atoms with E-state index in [0.717, 1.165) is 0 Å². The maximum absolute atomic E-state index is 12.8. The predicted molar refractivity (Wildman–Crippen MR) is 128 cm³/mol. The van der Waals surface area contributed by atoms with Gasteiger partial charge in [-0.2, -0.15) is 0 Å². The highest BCUT2D eigenvalue weighted by Crippen LogP contribution is 2.28. The van der Waals surface area contributed by atoms with Crippen LogP contribution >= 0.6 is 0 Å². The molecule has 1 saturated heterocycles. The largest absolute Gasteiger partial charge is 0.459 e. The Kier molecular flexibility index (Phi) is 8.44. The fourth-order valence-corrected chi connectivity index (χ4v) is 3.81. The summed E-state index contributed by atoms with van der Waals surface area (Å²) >= 11 is 0. The van der Waals surface area contributed by atoms with Crippen molar-refractivity contribution in [1.82, 2.24) is 0 Å². The topological polar surface area (TPSA) is 97.4 Å².